The average Bonchev–Trinajstić information content (AvgIpc) is 2.35. The van der Waals surface area contributed by atoms with Crippen LogP contribution in [0.2, 0.25) is 0 Å². The molecule has 0 rings (SSSR count). The smallest absolute Gasteiger partial charge is 0.0512 e. The Balaban J connectivity index is 0. The SMILES string of the molecule is CCC(CO)COC.CCC(COC)CC(C)C. The Hall–Kier alpha value is -0.120. The molecule has 0 aliphatic heterocycles. The maximum atomic E-state index is 8.58. The third-order valence-corrected chi connectivity index (χ3v) is 3.02. The number of methoxy groups -OCH3 is 2. The molecule has 2 atom stereocenters. The van der Waals surface area contributed by atoms with Crippen molar-refractivity contribution in [3.63, 3.8) is 0 Å². The van der Waals surface area contributed by atoms with Gasteiger partial charge in [-0.1, -0.05) is 34.1 Å². The number of aliphatic hydroxyl groups excluding tert-OH is 1. The molecule has 0 radical (unpaired) electrons. The molecule has 0 fully saturated rings. The van der Waals surface area contributed by atoms with Gasteiger partial charge in [-0.15, -0.1) is 0 Å². The van der Waals surface area contributed by atoms with Crippen molar-refractivity contribution in [1.82, 2.24) is 0 Å². The van der Waals surface area contributed by atoms with Crippen molar-refractivity contribution in [2.75, 3.05) is 34.0 Å². The first-order valence-corrected chi connectivity index (χ1v) is 7.14. The van der Waals surface area contributed by atoms with Gasteiger partial charge >= 0.3 is 0 Å². The van der Waals surface area contributed by atoms with Crippen molar-refractivity contribution in [3.05, 3.63) is 0 Å². The van der Waals surface area contributed by atoms with E-state index in [0.29, 0.717) is 12.5 Å². The summed E-state index contributed by atoms with van der Waals surface area (Å²) in [6.07, 6.45) is 3.53. The van der Waals surface area contributed by atoms with Crippen molar-refractivity contribution < 1.29 is 14.6 Å². The van der Waals surface area contributed by atoms with E-state index >= 15 is 0 Å². The Morgan fingerprint density at radius 1 is 0.889 bits per heavy atom. The zero-order valence-electron chi connectivity index (χ0n) is 13.2. The predicted molar refractivity (Wildman–Crippen MR) is 77.9 cm³/mol. The van der Waals surface area contributed by atoms with Crippen LogP contribution in [0.25, 0.3) is 0 Å². The molecule has 2 unspecified atom stereocenters. The Labute approximate surface area is 114 Å². The van der Waals surface area contributed by atoms with E-state index in [1.807, 2.05) is 6.92 Å². The number of aliphatic hydroxyl groups is 1. The normalized spacial score (nSPS) is 14.0. The summed E-state index contributed by atoms with van der Waals surface area (Å²) in [5, 5.41) is 8.58. The molecule has 0 aliphatic rings. The molecule has 0 amide bonds. The quantitative estimate of drug-likeness (QED) is 0.692. The highest BCUT2D eigenvalue weighted by Gasteiger charge is 2.07. The van der Waals surface area contributed by atoms with Crippen LogP contribution in [0.5, 0.6) is 0 Å². The van der Waals surface area contributed by atoms with E-state index in [2.05, 4.69) is 20.8 Å². The highest BCUT2D eigenvalue weighted by atomic mass is 16.5. The summed E-state index contributed by atoms with van der Waals surface area (Å²) in [4.78, 5) is 0. The number of ether oxygens (including phenoxy) is 2. The summed E-state index contributed by atoms with van der Waals surface area (Å²) >= 11 is 0. The van der Waals surface area contributed by atoms with Crippen LogP contribution in [0.15, 0.2) is 0 Å². The molecule has 0 bridgehead atoms. The Kier molecular flexibility index (Phi) is 16.8. The zero-order valence-corrected chi connectivity index (χ0v) is 13.2. The molecule has 0 saturated heterocycles. The topological polar surface area (TPSA) is 38.7 Å². The van der Waals surface area contributed by atoms with Gasteiger partial charge in [0.1, 0.15) is 0 Å². The second-order valence-corrected chi connectivity index (χ2v) is 5.27. The summed E-state index contributed by atoms with van der Waals surface area (Å²) in [6, 6.07) is 0. The maximum absolute atomic E-state index is 8.58. The molecular weight excluding hydrogens is 228 g/mol. The molecule has 3 nitrogen and oxygen atoms in total. The lowest BCUT2D eigenvalue weighted by molar-refractivity contribution is 0.108. The van der Waals surface area contributed by atoms with Crippen molar-refractivity contribution in [1.29, 1.82) is 0 Å². The van der Waals surface area contributed by atoms with E-state index in [1.54, 1.807) is 14.2 Å². The summed E-state index contributed by atoms with van der Waals surface area (Å²) in [5.74, 6) is 1.91. The van der Waals surface area contributed by atoms with E-state index in [4.69, 9.17) is 14.6 Å². The maximum Gasteiger partial charge on any atom is 0.0512 e. The van der Waals surface area contributed by atoms with E-state index in [1.165, 1.54) is 12.8 Å². The van der Waals surface area contributed by atoms with Crippen LogP contribution in [0.4, 0.5) is 0 Å². The van der Waals surface area contributed by atoms with Gasteiger partial charge in [-0.3, -0.25) is 0 Å². The van der Waals surface area contributed by atoms with E-state index in [0.717, 1.165) is 24.9 Å². The molecule has 18 heavy (non-hydrogen) atoms. The standard InChI is InChI=1S/C9H20O.C6H14O2/c1-5-9(7-10-4)6-8(2)3;1-3-6(4-7)5-8-2/h8-9H,5-7H2,1-4H3;6-7H,3-5H2,1-2H3. The summed E-state index contributed by atoms with van der Waals surface area (Å²) in [7, 11) is 3.43. The van der Waals surface area contributed by atoms with Crippen LogP contribution in [0, 0.1) is 17.8 Å². The van der Waals surface area contributed by atoms with Crippen LogP contribution in [0.3, 0.4) is 0 Å². The summed E-state index contributed by atoms with van der Waals surface area (Å²) in [5.41, 5.74) is 0. The fourth-order valence-electron chi connectivity index (χ4n) is 1.79. The van der Waals surface area contributed by atoms with Gasteiger partial charge in [0.15, 0.2) is 0 Å². The van der Waals surface area contributed by atoms with Crippen molar-refractivity contribution in [2.24, 2.45) is 17.8 Å². The molecular formula is C15H34O3. The van der Waals surface area contributed by atoms with Crippen molar-refractivity contribution in [2.45, 2.75) is 47.0 Å². The largest absolute Gasteiger partial charge is 0.396 e. The van der Waals surface area contributed by atoms with Crippen LogP contribution in [0.1, 0.15) is 47.0 Å². The summed E-state index contributed by atoms with van der Waals surface area (Å²) in [6.45, 7) is 10.6. The van der Waals surface area contributed by atoms with Gasteiger partial charge in [-0.05, 0) is 24.7 Å². The van der Waals surface area contributed by atoms with Crippen LogP contribution in [-0.4, -0.2) is 39.1 Å². The molecule has 0 aromatic rings. The summed E-state index contributed by atoms with van der Waals surface area (Å²) < 4.78 is 9.92. The minimum Gasteiger partial charge on any atom is -0.396 e. The van der Waals surface area contributed by atoms with Crippen molar-refractivity contribution in [3.8, 4) is 0 Å². The monoisotopic (exact) mass is 262 g/mol. The Morgan fingerprint density at radius 3 is 1.56 bits per heavy atom. The van der Waals surface area contributed by atoms with E-state index in [-0.39, 0.29) is 6.61 Å². The zero-order chi connectivity index (χ0) is 14.4. The second-order valence-electron chi connectivity index (χ2n) is 5.27. The molecule has 0 aromatic carbocycles. The first-order chi connectivity index (χ1) is 8.55. The molecule has 3 heteroatoms. The first-order valence-electron chi connectivity index (χ1n) is 7.14. The van der Waals surface area contributed by atoms with Gasteiger partial charge in [0.2, 0.25) is 0 Å². The number of hydrogen-bond acceptors (Lipinski definition) is 3. The third-order valence-electron chi connectivity index (χ3n) is 3.02. The van der Waals surface area contributed by atoms with Crippen molar-refractivity contribution >= 4 is 0 Å². The van der Waals surface area contributed by atoms with Gasteiger partial charge in [-0.25, -0.2) is 0 Å². The lowest BCUT2D eigenvalue weighted by atomic mass is 9.96. The molecule has 0 heterocycles. The highest BCUT2D eigenvalue weighted by molar-refractivity contribution is 4.57. The van der Waals surface area contributed by atoms with Gasteiger partial charge in [0.25, 0.3) is 0 Å². The highest BCUT2D eigenvalue weighted by Crippen LogP contribution is 2.14. The third kappa shape index (κ3) is 13.9. The van der Waals surface area contributed by atoms with Crippen LogP contribution < -0.4 is 0 Å². The first kappa shape index (κ1) is 20.2. The number of rotatable bonds is 9. The average molecular weight is 262 g/mol. The fraction of sp³-hybridized carbons (Fsp3) is 1.00. The van der Waals surface area contributed by atoms with E-state index in [9.17, 15) is 0 Å². The molecule has 0 aliphatic carbocycles. The minimum absolute atomic E-state index is 0.240. The Morgan fingerprint density at radius 2 is 1.33 bits per heavy atom. The molecule has 112 valence electrons. The van der Waals surface area contributed by atoms with Crippen LogP contribution >= 0.6 is 0 Å². The van der Waals surface area contributed by atoms with Gasteiger partial charge in [-0.2, -0.15) is 0 Å². The molecule has 0 spiro atoms. The lowest BCUT2D eigenvalue weighted by Crippen LogP contribution is -2.10. The fourth-order valence-corrected chi connectivity index (χ4v) is 1.79. The number of hydrogen-bond donors (Lipinski definition) is 1. The Bertz CT molecular complexity index is 145. The van der Waals surface area contributed by atoms with Gasteiger partial charge in [0, 0.05) is 33.4 Å². The lowest BCUT2D eigenvalue weighted by Gasteiger charge is -2.15. The second kappa shape index (κ2) is 14.9. The molecule has 0 saturated carbocycles. The van der Waals surface area contributed by atoms with E-state index < -0.39 is 0 Å². The minimum atomic E-state index is 0.240. The van der Waals surface area contributed by atoms with Gasteiger partial charge < -0.3 is 14.6 Å². The molecule has 0 aromatic heterocycles. The predicted octanol–water partition coefficient (Wildman–Crippen LogP) is 3.36. The van der Waals surface area contributed by atoms with Gasteiger partial charge in [0.05, 0.1) is 6.61 Å². The van der Waals surface area contributed by atoms with Crippen LogP contribution in [-0.2, 0) is 9.47 Å². The molecule has 1 N–H and O–H groups in total.